The molecule has 1 aromatic carbocycles. The summed E-state index contributed by atoms with van der Waals surface area (Å²) in [4.78, 5) is 23.6. The highest BCUT2D eigenvalue weighted by Crippen LogP contribution is 2.18. The molecule has 0 spiro atoms. The van der Waals surface area contributed by atoms with Crippen molar-refractivity contribution in [3.05, 3.63) is 58.9 Å². The molecule has 0 radical (unpaired) electrons. The van der Waals surface area contributed by atoms with Gasteiger partial charge in [0.2, 0.25) is 5.95 Å². The van der Waals surface area contributed by atoms with Crippen molar-refractivity contribution in [1.82, 2.24) is 14.5 Å². The van der Waals surface area contributed by atoms with Gasteiger partial charge in [-0.15, -0.1) is 0 Å². The van der Waals surface area contributed by atoms with E-state index < -0.39 is 0 Å². The first-order valence-electron chi connectivity index (χ1n) is 7.62. The van der Waals surface area contributed by atoms with Crippen LogP contribution in [0.2, 0.25) is 0 Å². The van der Waals surface area contributed by atoms with Gasteiger partial charge in [0.15, 0.2) is 0 Å². The molecular weight excluding hydrogens is 295 g/mol. The predicted molar refractivity (Wildman–Crippen MR) is 86.5 cm³/mol. The Kier molecular flexibility index (Phi) is 3.29. The standard InChI is InChI=1S/C17H15FN4O/c18-12-3-5-13(6-4-12)22-10-7-15-14(16(22)23)11-19-17(20-15)21-8-1-2-9-21/h3-7,10-11H,1-2,8-9H2. The minimum atomic E-state index is -0.332. The average molecular weight is 310 g/mol. The van der Waals surface area contributed by atoms with Crippen molar-refractivity contribution in [2.24, 2.45) is 0 Å². The SMILES string of the molecule is O=c1c2cnc(N3CCCC3)nc2ccn1-c1ccc(F)cc1. The molecule has 0 amide bonds. The molecule has 0 unspecified atom stereocenters. The third-order valence-corrected chi connectivity index (χ3v) is 4.13. The highest BCUT2D eigenvalue weighted by molar-refractivity contribution is 5.78. The van der Waals surface area contributed by atoms with E-state index in [-0.39, 0.29) is 11.4 Å². The number of hydrogen-bond donors (Lipinski definition) is 0. The Bertz CT molecular complexity index is 914. The molecule has 116 valence electrons. The molecule has 6 heteroatoms. The van der Waals surface area contributed by atoms with Gasteiger partial charge >= 0.3 is 0 Å². The lowest BCUT2D eigenvalue weighted by Crippen LogP contribution is -2.22. The maximum Gasteiger partial charge on any atom is 0.266 e. The van der Waals surface area contributed by atoms with Crippen LogP contribution in [0.5, 0.6) is 0 Å². The van der Waals surface area contributed by atoms with Crippen LogP contribution in [0.4, 0.5) is 10.3 Å². The van der Waals surface area contributed by atoms with Crippen LogP contribution in [0.1, 0.15) is 12.8 Å². The zero-order valence-corrected chi connectivity index (χ0v) is 12.4. The van der Waals surface area contributed by atoms with E-state index in [1.807, 2.05) is 0 Å². The third-order valence-electron chi connectivity index (χ3n) is 4.13. The zero-order chi connectivity index (χ0) is 15.8. The summed E-state index contributed by atoms with van der Waals surface area (Å²) in [6.07, 6.45) is 5.54. The van der Waals surface area contributed by atoms with Crippen molar-refractivity contribution >= 4 is 16.9 Å². The first-order valence-corrected chi connectivity index (χ1v) is 7.62. The van der Waals surface area contributed by atoms with E-state index in [9.17, 15) is 9.18 Å². The van der Waals surface area contributed by atoms with Crippen LogP contribution in [0.25, 0.3) is 16.6 Å². The van der Waals surface area contributed by atoms with E-state index in [0.29, 0.717) is 22.5 Å². The van der Waals surface area contributed by atoms with Gasteiger partial charge in [-0.2, -0.15) is 0 Å². The second-order valence-corrected chi connectivity index (χ2v) is 5.63. The van der Waals surface area contributed by atoms with Crippen LogP contribution < -0.4 is 10.5 Å². The van der Waals surface area contributed by atoms with E-state index in [1.165, 1.54) is 16.7 Å². The lowest BCUT2D eigenvalue weighted by Gasteiger charge is -2.15. The summed E-state index contributed by atoms with van der Waals surface area (Å²) in [5.41, 5.74) is 1.04. The lowest BCUT2D eigenvalue weighted by molar-refractivity contribution is 0.627. The minimum absolute atomic E-state index is 0.206. The van der Waals surface area contributed by atoms with Crippen LogP contribution in [0, 0.1) is 5.82 Å². The fourth-order valence-corrected chi connectivity index (χ4v) is 2.89. The molecule has 4 rings (SSSR count). The topological polar surface area (TPSA) is 51.0 Å². The van der Waals surface area contributed by atoms with E-state index in [1.54, 1.807) is 30.6 Å². The first kappa shape index (κ1) is 13.9. The summed E-state index contributed by atoms with van der Waals surface area (Å²) in [5.74, 6) is 0.343. The van der Waals surface area contributed by atoms with Gasteiger partial charge in [-0.25, -0.2) is 14.4 Å². The molecule has 2 aromatic heterocycles. The molecule has 0 bridgehead atoms. The summed E-state index contributed by atoms with van der Waals surface area (Å²) < 4.78 is 14.5. The summed E-state index contributed by atoms with van der Waals surface area (Å²) in [6.45, 7) is 1.91. The van der Waals surface area contributed by atoms with Crippen LogP contribution in [-0.4, -0.2) is 27.6 Å². The normalized spacial score (nSPS) is 14.6. The smallest absolute Gasteiger partial charge is 0.266 e. The third kappa shape index (κ3) is 2.46. The molecule has 23 heavy (non-hydrogen) atoms. The van der Waals surface area contributed by atoms with Crippen LogP contribution in [0.3, 0.4) is 0 Å². The Balaban J connectivity index is 1.80. The zero-order valence-electron chi connectivity index (χ0n) is 12.4. The van der Waals surface area contributed by atoms with Gasteiger partial charge in [0.1, 0.15) is 5.82 Å². The molecule has 0 aliphatic carbocycles. The van der Waals surface area contributed by atoms with Crippen molar-refractivity contribution in [2.45, 2.75) is 12.8 Å². The summed E-state index contributed by atoms with van der Waals surface area (Å²) in [6, 6.07) is 7.60. The average Bonchev–Trinajstić information content (AvgIpc) is 3.10. The Labute approximate surface area is 132 Å². The number of fused-ring (bicyclic) bond motifs is 1. The molecule has 1 fully saturated rings. The van der Waals surface area contributed by atoms with Gasteiger partial charge in [-0.05, 0) is 43.2 Å². The first-order chi connectivity index (χ1) is 11.2. The maximum atomic E-state index is 13.0. The minimum Gasteiger partial charge on any atom is -0.341 e. The Morgan fingerprint density at radius 3 is 2.52 bits per heavy atom. The molecule has 0 atom stereocenters. The number of halogens is 1. The quantitative estimate of drug-likeness (QED) is 0.730. The van der Waals surface area contributed by atoms with Crippen LogP contribution >= 0.6 is 0 Å². The lowest BCUT2D eigenvalue weighted by atomic mass is 10.2. The number of benzene rings is 1. The highest BCUT2D eigenvalue weighted by Gasteiger charge is 2.16. The number of hydrogen-bond acceptors (Lipinski definition) is 4. The van der Waals surface area contributed by atoms with E-state index in [0.717, 1.165) is 25.9 Å². The molecule has 1 aliphatic rings. The number of aromatic nitrogens is 3. The largest absolute Gasteiger partial charge is 0.341 e. The number of rotatable bonds is 2. The molecule has 0 N–H and O–H groups in total. The van der Waals surface area contributed by atoms with Crippen LogP contribution in [0.15, 0.2) is 47.5 Å². The van der Waals surface area contributed by atoms with Gasteiger partial charge in [0.05, 0.1) is 10.9 Å². The van der Waals surface area contributed by atoms with Crippen LogP contribution in [-0.2, 0) is 0 Å². The van der Waals surface area contributed by atoms with Crippen molar-refractivity contribution in [3.63, 3.8) is 0 Å². The molecule has 1 aliphatic heterocycles. The number of pyridine rings is 1. The van der Waals surface area contributed by atoms with Gasteiger partial charge in [-0.1, -0.05) is 0 Å². The summed E-state index contributed by atoms with van der Waals surface area (Å²) >= 11 is 0. The fourth-order valence-electron chi connectivity index (χ4n) is 2.89. The van der Waals surface area contributed by atoms with Gasteiger partial charge in [0, 0.05) is 31.2 Å². The summed E-state index contributed by atoms with van der Waals surface area (Å²) in [7, 11) is 0. The molecule has 5 nitrogen and oxygen atoms in total. The van der Waals surface area contributed by atoms with E-state index >= 15 is 0 Å². The maximum absolute atomic E-state index is 13.0. The van der Waals surface area contributed by atoms with Gasteiger partial charge in [0.25, 0.3) is 5.56 Å². The number of nitrogens with zero attached hydrogens (tertiary/aromatic N) is 4. The van der Waals surface area contributed by atoms with E-state index in [4.69, 9.17) is 0 Å². The molecule has 1 saturated heterocycles. The molecule has 3 aromatic rings. The fraction of sp³-hybridized carbons (Fsp3) is 0.235. The molecule has 0 saturated carbocycles. The van der Waals surface area contributed by atoms with Crippen molar-refractivity contribution in [3.8, 4) is 5.69 Å². The molecular formula is C17H15FN4O. The number of anilines is 1. The second-order valence-electron chi connectivity index (χ2n) is 5.63. The van der Waals surface area contributed by atoms with E-state index in [2.05, 4.69) is 14.9 Å². The molecule has 3 heterocycles. The van der Waals surface area contributed by atoms with Crippen molar-refractivity contribution < 1.29 is 4.39 Å². The summed E-state index contributed by atoms with van der Waals surface area (Å²) in [5, 5.41) is 0.458. The van der Waals surface area contributed by atoms with Gasteiger partial charge < -0.3 is 4.90 Å². The van der Waals surface area contributed by atoms with Crippen molar-refractivity contribution in [2.75, 3.05) is 18.0 Å². The second kappa shape index (κ2) is 5.46. The predicted octanol–water partition coefficient (Wildman–Crippen LogP) is 2.52. The highest BCUT2D eigenvalue weighted by atomic mass is 19.1. The Hall–Kier alpha value is -2.76. The van der Waals surface area contributed by atoms with Gasteiger partial charge in [-0.3, -0.25) is 9.36 Å². The monoisotopic (exact) mass is 310 g/mol. The Morgan fingerprint density at radius 2 is 1.78 bits per heavy atom. The Morgan fingerprint density at radius 1 is 1.04 bits per heavy atom. The van der Waals surface area contributed by atoms with Crippen molar-refractivity contribution in [1.29, 1.82) is 0 Å².